The average Bonchev–Trinajstić information content (AvgIpc) is 2.62. The largest absolute Gasteiger partial charge is 0.354 e. The number of sulfonamides is 1. The maximum Gasteiger partial charge on any atom is 0.263 e. The summed E-state index contributed by atoms with van der Waals surface area (Å²) in [5.41, 5.74) is 2.71. The normalized spacial score (nSPS) is 11.3. The summed E-state index contributed by atoms with van der Waals surface area (Å²) in [6.45, 7) is 3.74. The van der Waals surface area contributed by atoms with Gasteiger partial charge in [0.25, 0.3) is 10.0 Å². The molecule has 0 fully saturated rings. The molecule has 0 atom stereocenters. The van der Waals surface area contributed by atoms with Gasteiger partial charge in [-0.3, -0.25) is 4.72 Å². The van der Waals surface area contributed by atoms with Gasteiger partial charge >= 0.3 is 0 Å². The van der Waals surface area contributed by atoms with E-state index in [-0.39, 0.29) is 10.7 Å². The third-order valence-electron chi connectivity index (χ3n) is 4.00. The van der Waals surface area contributed by atoms with E-state index in [0.29, 0.717) is 11.4 Å². The van der Waals surface area contributed by atoms with Crippen molar-refractivity contribution in [2.24, 2.45) is 0 Å². The second-order valence-corrected chi connectivity index (χ2v) is 7.72. The molecule has 3 aromatic rings. The topological polar surface area (TPSA) is 71.1 Å². The first-order valence-corrected chi connectivity index (χ1v) is 9.51. The van der Waals surface area contributed by atoms with Crippen LogP contribution in [0.25, 0.3) is 0 Å². The monoisotopic (exact) mass is 389 g/mol. The van der Waals surface area contributed by atoms with Crippen molar-refractivity contribution in [3.63, 3.8) is 0 Å². The van der Waals surface area contributed by atoms with Gasteiger partial charge in [-0.15, -0.1) is 0 Å². The number of rotatable bonds is 5. The number of halogens is 2. The number of aryl methyl sites for hydroxylation is 2. The molecule has 0 saturated heterocycles. The van der Waals surface area contributed by atoms with Crippen molar-refractivity contribution in [2.75, 3.05) is 10.0 Å². The number of pyridine rings is 1. The third-order valence-corrected chi connectivity index (χ3v) is 5.35. The van der Waals surface area contributed by atoms with Crippen molar-refractivity contribution in [2.45, 2.75) is 18.7 Å². The SMILES string of the molecule is Cc1ccc(S(=O)(=O)Nc2ccc(Nc3ccc(F)c(F)c3)cn2)cc1C. The van der Waals surface area contributed by atoms with E-state index in [1.165, 1.54) is 24.4 Å². The van der Waals surface area contributed by atoms with Gasteiger partial charge in [0.05, 0.1) is 16.8 Å². The Morgan fingerprint density at radius 2 is 1.59 bits per heavy atom. The molecule has 0 aliphatic carbocycles. The van der Waals surface area contributed by atoms with Crippen LogP contribution in [-0.4, -0.2) is 13.4 Å². The molecule has 2 aromatic carbocycles. The van der Waals surface area contributed by atoms with Gasteiger partial charge in [0.2, 0.25) is 0 Å². The molecule has 0 aliphatic rings. The van der Waals surface area contributed by atoms with Crippen LogP contribution in [0.15, 0.2) is 59.6 Å². The first-order chi connectivity index (χ1) is 12.7. The number of benzene rings is 2. The maximum absolute atomic E-state index is 13.2. The molecular formula is C19H17F2N3O2S. The summed E-state index contributed by atoms with van der Waals surface area (Å²) in [5, 5.41) is 2.86. The molecule has 0 saturated carbocycles. The van der Waals surface area contributed by atoms with Gasteiger partial charge in [-0.05, 0) is 61.4 Å². The average molecular weight is 389 g/mol. The molecule has 0 aliphatic heterocycles. The Balaban J connectivity index is 1.74. The molecule has 2 N–H and O–H groups in total. The zero-order valence-corrected chi connectivity index (χ0v) is 15.4. The summed E-state index contributed by atoms with van der Waals surface area (Å²) in [6.07, 6.45) is 1.39. The second kappa shape index (κ2) is 7.32. The molecule has 8 heteroatoms. The Morgan fingerprint density at radius 1 is 0.852 bits per heavy atom. The molecule has 27 heavy (non-hydrogen) atoms. The van der Waals surface area contributed by atoms with Gasteiger partial charge in [0.1, 0.15) is 5.82 Å². The quantitative estimate of drug-likeness (QED) is 0.673. The number of nitrogens with zero attached hydrogens (tertiary/aromatic N) is 1. The molecule has 0 spiro atoms. The van der Waals surface area contributed by atoms with Gasteiger partial charge in [-0.25, -0.2) is 22.2 Å². The fraction of sp³-hybridized carbons (Fsp3) is 0.105. The van der Waals surface area contributed by atoms with Crippen molar-refractivity contribution in [1.82, 2.24) is 4.98 Å². The smallest absolute Gasteiger partial charge is 0.263 e. The van der Waals surface area contributed by atoms with Crippen LogP contribution in [0.2, 0.25) is 0 Å². The Kier molecular flexibility index (Phi) is 5.09. The predicted octanol–water partition coefficient (Wildman–Crippen LogP) is 4.52. The molecule has 5 nitrogen and oxygen atoms in total. The van der Waals surface area contributed by atoms with Gasteiger partial charge < -0.3 is 5.32 Å². The Morgan fingerprint density at radius 3 is 2.22 bits per heavy atom. The fourth-order valence-electron chi connectivity index (χ4n) is 2.35. The Bertz CT molecular complexity index is 1080. The first-order valence-electron chi connectivity index (χ1n) is 8.03. The minimum Gasteiger partial charge on any atom is -0.354 e. The van der Waals surface area contributed by atoms with Crippen LogP contribution >= 0.6 is 0 Å². The molecule has 0 bridgehead atoms. The summed E-state index contributed by atoms with van der Waals surface area (Å²) in [5.74, 6) is -1.76. The lowest BCUT2D eigenvalue weighted by atomic mass is 10.1. The highest BCUT2D eigenvalue weighted by atomic mass is 32.2. The van der Waals surface area contributed by atoms with Crippen molar-refractivity contribution in [1.29, 1.82) is 0 Å². The van der Waals surface area contributed by atoms with Gasteiger partial charge in [0.15, 0.2) is 11.6 Å². The number of anilines is 3. The lowest BCUT2D eigenvalue weighted by Gasteiger charge is -2.10. The van der Waals surface area contributed by atoms with Crippen LogP contribution in [0.1, 0.15) is 11.1 Å². The van der Waals surface area contributed by atoms with Crippen molar-refractivity contribution >= 4 is 27.2 Å². The lowest BCUT2D eigenvalue weighted by molar-refractivity contribution is 0.509. The zero-order chi connectivity index (χ0) is 19.6. The van der Waals surface area contributed by atoms with Crippen LogP contribution in [-0.2, 0) is 10.0 Å². The standard InChI is InChI=1S/C19H17F2N3O2S/c1-12-3-6-16(9-13(12)2)27(25,26)24-19-8-5-15(11-22-19)23-14-4-7-17(20)18(21)10-14/h3-11,23H,1-2H3,(H,22,24). The summed E-state index contributed by atoms with van der Waals surface area (Å²) in [7, 11) is -3.76. The molecule has 140 valence electrons. The van der Waals surface area contributed by atoms with Crippen LogP contribution in [0.4, 0.5) is 26.0 Å². The van der Waals surface area contributed by atoms with E-state index in [0.717, 1.165) is 23.3 Å². The van der Waals surface area contributed by atoms with Crippen LogP contribution < -0.4 is 10.0 Å². The molecule has 3 rings (SSSR count). The number of hydrogen-bond acceptors (Lipinski definition) is 4. The van der Waals surface area contributed by atoms with E-state index < -0.39 is 21.7 Å². The predicted molar refractivity (Wildman–Crippen MR) is 101 cm³/mol. The zero-order valence-electron chi connectivity index (χ0n) is 14.6. The summed E-state index contributed by atoms with van der Waals surface area (Å²) >= 11 is 0. The Labute approximate surface area is 156 Å². The second-order valence-electron chi connectivity index (χ2n) is 6.04. The van der Waals surface area contributed by atoms with E-state index in [9.17, 15) is 17.2 Å². The summed E-state index contributed by atoms with van der Waals surface area (Å²) in [6, 6.07) is 11.3. The van der Waals surface area contributed by atoms with E-state index in [2.05, 4.69) is 15.0 Å². The van der Waals surface area contributed by atoms with E-state index in [1.54, 1.807) is 18.2 Å². The first kappa shape index (κ1) is 18.8. The van der Waals surface area contributed by atoms with Crippen LogP contribution in [0.5, 0.6) is 0 Å². The van der Waals surface area contributed by atoms with Crippen molar-refractivity contribution in [3.8, 4) is 0 Å². The fourth-order valence-corrected chi connectivity index (χ4v) is 3.44. The van der Waals surface area contributed by atoms with E-state index >= 15 is 0 Å². The van der Waals surface area contributed by atoms with Crippen LogP contribution in [0, 0.1) is 25.5 Å². The number of aromatic nitrogens is 1. The Hall–Kier alpha value is -3.00. The molecule has 0 unspecified atom stereocenters. The highest BCUT2D eigenvalue weighted by Gasteiger charge is 2.15. The molecule has 0 amide bonds. The van der Waals surface area contributed by atoms with Gasteiger partial charge in [0, 0.05) is 11.8 Å². The number of nitrogens with one attached hydrogen (secondary N) is 2. The lowest BCUT2D eigenvalue weighted by Crippen LogP contribution is -2.14. The molecular weight excluding hydrogens is 372 g/mol. The van der Waals surface area contributed by atoms with Gasteiger partial charge in [-0.2, -0.15) is 0 Å². The highest BCUT2D eigenvalue weighted by Crippen LogP contribution is 2.21. The van der Waals surface area contributed by atoms with Crippen LogP contribution in [0.3, 0.4) is 0 Å². The molecule has 0 radical (unpaired) electrons. The minimum absolute atomic E-state index is 0.143. The third kappa shape index (κ3) is 4.40. The number of hydrogen-bond donors (Lipinski definition) is 2. The highest BCUT2D eigenvalue weighted by molar-refractivity contribution is 7.92. The summed E-state index contributed by atoms with van der Waals surface area (Å²) < 4.78 is 53.5. The van der Waals surface area contributed by atoms with Gasteiger partial charge in [-0.1, -0.05) is 6.07 Å². The van der Waals surface area contributed by atoms with Crippen molar-refractivity contribution < 1.29 is 17.2 Å². The van der Waals surface area contributed by atoms with Crippen molar-refractivity contribution in [3.05, 3.63) is 77.5 Å². The molecule has 1 aromatic heterocycles. The summed E-state index contributed by atoms with van der Waals surface area (Å²) in [4.78, 5) is 4.19. The molecule has 1 heterocycles. The van der Waals surface area contributed by atoms with E-state index in [4.69, 9.17) is 0 Å². The minimum atomic E-state index is -3.76. The maximum atomic E-state index is 13.2. The van der Waals surface area contributed by atoms with E-state index in [1.807, 2.05) is 13.8 Å².